The zero-order chi connectivity index (χ0) is 14.9. The van der Waals surface area contributed by atoms with E-state index in [0.717, 1.165) is 23.5 Å². The molecule has 1 aromatic heterocycles. The first kappa shape index (κ1) is 14.5. The van der Waals surface area contributed by atoms with Gasteiger partial charge < -0.3 is 5.11 Å². The summed E-state index contributed by atoms with van der Waals surface area (Å²) >= 11 is 0.870. The number of aryl methyl sites for hydroxylation is 1. The van der Waals surface area contributed by atoms with Crippen molar-refractivity contribution in [2.45, 2.75) is 11.8 Å². The van der Waals surface area contributed by atoms with E-state index in [1.807, 2.05) is 0 Å². The topological polar surface area (TPSA) is 83.5 Å². The van der Waals surface area contributed by atoms with Gasteiger partial charge in [-0.3, -0.25) is 4.72 Å². The summed E-state index contributed by atoms with van der Waals surface area (Å²) in [5.74, 6) is -1.76. The maximum Gasteiger partial charge on any atom is 0.345 e. The molecule has 0 aliphatic carbocycles. The average molecular weight is 315 g/mol. The van der Waals surface area contributed by atoms with Crippen LogP contribution in [0.25, 0.3) is 0 Å². The van der Waals surface area contributed by atoms with Crippen molar-refractivity contribution in [1.29, 1.82) is 0 Å². The van der Waals surface area contributed by atoms with E-state index in [-0.39, 0.29) is 15.5 Å². The molecule has 8 heteroatoms. The van der Waals surface area contributed by atoms with Gasteiger partial charge in [-0.1, -0.05) is 6.07 Å². The smallest absolute Gasteiger partial charge is 0.345 e. The van der Waals surface area contributed by atoms with Crippen LogP contribution < -0.4 is 4.72 Å². The third-order valence-electron chi connectivity index (χ3n) is 2.45. The molecule has 0 saturated carbocycles. The molecule has 1 heterocycles. The first-order chi connectivity index (χ1) is 9.29. The van der Waals surface area contributed by atoms with Gasteiger partial charge in [-0.25, -0.2) is 17.6 Å². The Hall–Kier alpha value is -1.93. The maximum absolute atomic E-state index is 13.0. The summed E-state index contributed by atoms with van der Waals surface area (Å²) in [6, 6.07) is 6.09. The zero-order valence-corrected chi connectivity index (χ0v) is 11.9. The number of thiophene rings is 1. The Labute approximate surface area is 118 Å². The van der Waals surface area contributed by atoms with Crippen LogP contribution in [-0.4, -0.2) is 19.5 Å². The van der Waals surface area contributed by atoms with Gasteiger partial charge in [0.2, 0.25) is 0 Å². The van der Waals surface area contributed by atoms with E-state index in [2.05, 4.69) is 4.72 Å². The molecule has 0 unspecified atom stereocenters. The van der Waals surface area contributed by atoms with Crippen LogP contribution in [0.4, 0.5) is 10.1 Å². The second kappa shape index (κ2) is 5.22. The number of hydrogen-bond acceptors (Lipinski definition) is 4. The molecule has 2 aromatic rings. The van der Waals surface area contributed by atoms with E-state index in [4.69, 9.17) is 5.11 Å². The van der Waals surface area contributed by atoms with Gasteiger partial charge in [-0.2, -0.15) is 0 Å². The minimum atomic E-state index is -3.94. The molecule has 20 heavy (non-hydrogen) atoms. The lowest BCUT2D eigenvalue weighted by atomic mass is 10.3. The lowest BCUT2D eigenvalue weighted by molar-refractivity contribution is 0.0702. The van der Waals surface area contributed by atoms with E-state index < -0.39 is 21.8 Å². The van der Waals surface area contributed by atoms with Crippen LogP contribution in [0.15, 0.2) is 35.2 Å². The van der Waals surface area contributed by atoms with Crippen molar-refractivity contribution < 1.29 is 22.7 Å². The number of aromatic carboxylic acids is 1. The Balaban J connectivity index is 2.38. The molecule has 0 fully saturated rings. The molecular formula is C12H10FNO4S2. The summed E-state index contributed by atoms with van der Waals surface area (Å²) in [7, 11) is -3.94. The Morgan fingerprint density at radius 1 is 1.35 bits per heavy atom. The minimum Gasteiger partial charge on any atom is -0.477 e. The minimum absolute atomic E-state index is 0.0675. The predicted molar refractivity (Wildman–Crippen MR) is 73.2 cm³/mol. The largest absolute Gasteiger partial charge is 0.477 e. The van der Waals surface area contributed by atoms with Crippen LogP contribution in [0.3, 0.4) is 0 Å². The number of anilines is 1. The third-order valence-corrected chi connectivity index (χ3v) is 5.12. The molecule has 0 aliphatic rings. The van der Waals surface area contributed by atoms with Gasteiger partial charge in [0, 0.05) is 4.88 Å². The number of benzene rings is 1. The molecule has 0 atom stereocenters. The molecule has 0 bridgehead atoms. The molecule has 0 saturated heterocycles. The predicted octanol–water partition coefficient (Wildman–Crippen LogP) is 2.69. The number of hydrogen-bond donors (Lipinski definition) is 2. The summed E-state index contributed by atoms with van der Waals surface area (Å²) in [4.78, 5) is 11.0. The summed E-state index contributed by atoms with van der Waals surface area (Å²) in [5.41, 5.74) is 0.0764. The van der Waals surface area contributed by atoms with Crippen molar-refractivity contribution in [2.75, 3.05) is 4.72 Å². The van der Waals surface area contributed by atoms with Crippen molar-refractivity contribution in [3.63, 3.8) is 0 Å². The van der Waals surface area contributed by atoms with Crippen LogP contribution in [0.2, 0.25) is 0 Å². The average Bonchev–Trinajstić information content (AvgIpc) is 2.71. The van der Waals surface area contributed by atoms with E-state index in [1.165, 1.54) is 25.1 Å². The highest BCUT2D eigenvalue weighted by atomic mass is 32.2. The van der Waals surface area contributed by atoms with Crippen molar-refractivity contribution in [3.05, 3.63) is 45.9 Å². The lowest BCUT2D eigenvalue weighted by Gasteiger charge is -2.07. The van der Waals surface area contributed by atoms with Gasteiger partial charge in [0.05, 0.1) is 5.69 Å². The third kappa shape index (κ3) is 2.97. The molecule has 0 radical (unpaired) electrons. The molecule has 0 spiro atoms. The van der Waals surface area contributed by atoms with E-state index in [0.29, 0.717) is 4.88 Å². The van der Waals surface area contributed by atoms with Crippen molar-refractivity contribution >= 4 is 33.0 Å². The summed E-state index contributed by atoms with van der Waals surface area (Å²) in [6.45, 7) is 1.51. The van der Waals surface area contributed by atoms with Gasteiger partial charge in [-0.05, 0) is 31.2 Å². The Kier molecular flexibility index (Phi) is 3.78. The SMILES string of the molecule is Cc1sc(C(=O)O)cc1S(=O)(=O)Nc1cccc(F)c1. The molecular weight excluding hydrogens is 305 g/mol. The molecule has 0 amide bonds. The molecule has 5 nitrogen and oxygen atoms in total. The van der Waals surface area contributed by atoms with E-state index in [1.54, 1.807) is 0 Å². The first-order valence-corrected chi connectivity index (χ1v) is 7.71. The fourth-order valence-corrected chi connectivity index (χ4v) is 4.08. The number of carbonyl (C=O) groups is 1. The van der Waals surface area contributed by atoms with Gasteiger partial charge in [0.1, 0.15) is 15.6 Å². The van der Waals surface area contributed by atoms with Crippen molar-refractivity contribution in [3.8, 4) is 0 Å². The van der Waals surface area contributed by atoms with Crippen LogP contribution in [0, 0.1) is 12.7 Å². The number of carboxylic acid groups (broad SMARTS) is 1. The first-order valence-electron chi connectivity index (χ1n) is 5.42. The van der Waals surface area contributed by atoms with Gasteiger partial charge in [0.25, 0.3) is 10.0 Å². The lowest BCUT2D eigenvalue weighted by Crippen LogP contribution is -2.13. The number of halogens is 1. The highest BCUT2D eigenvalue weighted by molar-refractivity contribution is 7.93. The van der Waals surface area contributed by atoms with Crippen molar-refractivity contribution in [2.24, 2.45) is 0 Å². The zero-order valence-electron chi connectivity index (χ0n) is 10.3. The molecule has 0 aliphatic heterocycles. The standard InChI is InChI=1S/C12H10FNO4S2/c1-7-11(6-10(19-7)12(15)16)20(17,18)14-9-4-2-3-8(13)5-9/h2-6,14H,1H3,(H,15,16). The highest BCUT2D eigenvalue weighted by Crippen LogP contribution is 2.27. The Morgan fingerprint density at radius 2 is 2.05 bits per heavy atom. The number of carboxylic acids is 1. The van der Waals surface area contributed by atoms with Crippen LogP contribution in [0.1, 0.15) is 14.5 Å². The summed E-state index contributed by atoms with van der Waals surface area (Å²) < 4.78 is 39.5. The van der Waals surface area contributed by atoms with Crippen LogP contribution >= 0.6 is 11.3 Å². The Bertz CT molecular complexity index is 768. The fraction of sp³-hybridized carbons (Fsp3) is 0.0833. The highest BCUT2D eigenvalue weighted by Gasteiger charge is 2.22. The maximum atomic E-state index is 13.0. The van der Waals surface area contributed by atoms with Crippen molar-refractivity contribution in [1.82, 2.24) is 0 Å². The normalized spacial score (nSPS) is 11.3. The van der Waals surface area contributed by atoms with Crippen LogP contribution in [0.5, 0.6) is 0 Å². The fourth-order valence-electron chi connectivity index (χ4n) is 1.60. The molecule has 1 aromatic carbocycles. The molecule has 2 rings (SSSR count). The number of nitrogens with one attached hydrogen (secondary N) is 1. The number of rotatable bonds is 4. The van der Waals surface area contributed by atoms with Gasteiger partial charge in [-0.15, -0.1) is 11.3 Å². The van der Waals surface area contributed by atoms with Gasteiger partial charge in [0.15, 0.2) is 0 Å². The van der Waals surface area contributed by atoms with Gasteiger partial charge >= 0.3 is 5.97 Å². The van der Waals surface area contributed by atoms with E-state index >= 15 is 0 Å². The second-order valence-electron chi connectivity index (χ2n) is 3.95. The molecule has 106 valence electrons. The monoisotopic (exact) mass is 315 g/mol. The van der Waals surface area contributed by atoms with E-state index in [9.17, 15) is 17.6 Å². The Morgan fingerprint density at radius 3 is 2.60 bits per heavy atom. The quantitative estimate of drug-likeness (QED) is 0.908. The second-order valence-corrected chi connectivity index (χ2v) is 6.86. The van der Waals surface area contributed by atoms with Crippen LogP contribution in [-0.2, 0) is 10.0 Å². The molecule has 2 N–H and O–H groups in total. The summed E-state index contributed by atoms with van der Waals surface area (Å²) in [6.07, 6.45) is 0. The number of sulfonamides is 1. The summed E-state index contributed by atoms with van der Waals surface area (Å²) in [5, 5.41) is 8.86.